The molecule has 1 aliphatic heterocycles. The second-order valence-electron chi connectivity index (χ2n) is 7.09. The highest BCUT2D eigenvalue weighted by atomic mass is 16.4. The van der Waals surface area contributed by atoms with Gasteiger partial charge in [-0.25, -0.2) is 4.79 Å². The Kier molecular flexibility index (Phi) is 6.29. The molecular formula is C21H27N3O3. The maximum absolute atomic E-state index is 11.6. The quantitative estimate of drug-likeness (QED) is 0.821. The minimum Gasteiger partial charge on any atom is -0.465 e. The van der Waals surface area contributed by atoms with Crippen LogP contribution in [0.4, 0.5) is 4.79 Å². The van der Waals surface area contributed by atoms with Crippen LogP contribution in [0.25, 0.3) is 10.8 Å². The average molecular weight is 369 g/mol. The summed E-state index contributed by atoms with van der Waals surface area (Å²) in [5.74, 6) is -0.267. The van der Waals surface area contributed by atoms with E-state index in [0.717, 1.165) is 38.9 Å². The van der Waals surface area contributed by atoms with Gasteiger partial charge in [-0.1, -0.05) is 42.5 Å². The van der Waals surface area contributed by atoms with Gasteiger partial charge >= 0.3 is 6.09 Å². The SMILES string of the molecule is CNC(=O)CN(C(=O)O)C1CCN(CCc2ccc3ccccc3c2)CC1. The van der Waals surface area contributed by atoms with Crippen molar-refractivity contribution in [3.05, 3.63) is 48.0 Å². The summed E-state index contributed by atoms with van der Waals surface area (Å²) in [5, 5.41) is 14.4. The molecule has 6 heteroatoms. The molecule has 6 nitrogen and oxygen atoms in total. The second-order valence-corrected chi connectivity index (χ2v) is 7.09. The van der Waals surface area contributed by atoms with Crippen molar-refractivity contribution in [2.24, 2.45) is 0 Å². The maximum atomic E-state index is 11.6. The summed E-state index contributed by atoms with van der Waals surface area (Å²) in [5.41, 5.74) is 1.32. The molecule has 0 aliphatic carbocycles. The molecule has 1 saturated heterocycles. The normalized spacial score (nSPS) is 15.6. The van der Waals surface area contributed by atoms with Gasteiger partial charge in [-0.15, -0.1) is 0 Å². The number of rotatable bonds is 6. The lowest BCUT2D eigenvalue weighted by Crippen LogP contribution is -2.50. The third-order valence-electron chi connectivity index (χ3n) is 5.37. The third kappa shape index (κ3) is 4.98. The van der Waals surface area contributed by atoms with Crippen LogP contribution in [0.15, 0.2) is 42.5 Å². The van der Waals surface area contributed by atoms with Crippen LogP contribution in [-0.4, -0.2) is 66.2 Å². The van der Waals surface area contributed by atoms with Crippen LogP contribution in [0, 0.1) is 0 Å². The van der Waals surface area contributed by atoms with Crippen molar-refractivity contribution in [3.8, 4) is 0 Å². The van der Waals surface area contributed by atoms with Gasteiger partial charge in [0.1, 0.15) is 6.54 Å². The van der Waals surface area contributed by atoms with E-state index in [2.05, 4.69) is 52.7 Å². The molecule has 0 bridgehead atoms. The first-order valence-corrected chi connectivity index (χ1v) is 9.47. The van der Waals surface area contributed by atoms with Crippen LogP contribution >= 0.6 is 0 Å². The zero-order valence-electron chi connectivity index (χ0n) is 15.7. The molecule has 1 heterocycles. The molecule has 0 spiro atoms. The topological polar surface area (TPSA) is 72.9 Å². The van der Waals surface area contributed by atoms with Gasteiger partial charge < -0.3 is 15.3 Å². The van der Waals surface area contributed by atoms with E-state index in [1.54, 1.807) is 0 Å². The van der Waals surface area contributed by atoms with Crippen molar-refractivity contribution in [1.29, 1.82) is 0 Å². The monoisotopic (exact) mass is 369 g/mol. The molecule has 1 aliphatic rings. The minimum absolute atomic E-state index is 0.0864. The molecule has 3 rings (SSSR count). The summed E-state index contributed by atoms with van der Waals surface area (Å²) in [7, 11) is 1.53. The molecule has 0 atom stereocenters. The Labute approximate surface area is 159 Å². The molecular weight excluding hydrogens is 342 g/mol. The second kappa shape index (κ2) is 8.86. The molecule has 1 fully saturated rings. The third-order valence-corrected chi connectivity index (χ3v) is 5.37. The lowest BCUT2D eigenvalue weighted by molar-refractivity contribution is -0.122. The fourth-order valence-corrected chi connectivity index (χ4v) is 3.72. The summed E-state index contributed by atoms with van der Waals surface area (Å²) in [6.45, 7) is 2.59. The summed E-state index contributed by atoms with van der Waals surface area (Å²) < 4.78 is 0. The zero-order chi connectivity index (χ0) is 19.2. The molecule has 27 heavy (non-hydrogen) atoms. The summed E-state index contributed by atoms with van der Waals surface area (Å²) in [4.78, 5) is 26.7. The van der Waals surface area contributed by atoms with Crippen molar-refractivity contribution in [2.45, 2.75) is 25.3 Å². The molecule has 0 unspecified atom stereocenters. The van der Waals surface area contributed by atoms with Crippen LogP contribution in [0.3, 0.4) is 0 Å². The standard InChI is InChI=1S/C21H27N3O3/c1-22-20(25)15-24(21(26)27)19-9-12-23(13-10-19)11-8-16-6-7-17-4-2-3-5-18(17)14-16/h2-7,14,19H,8-13,15H2,1H3,(H,22,25)(H,26,27). The molecule has 2 N–H and O–H groups in total. The minimum atomic E-state index is -1.02. The number of carboxylic acid groups (broad SMARTS) is 1. The number of hydrogen-bond acceptors (Lipinski definition) is 3. The van der Waals surface area contributed by atoms with E-state index in [1.165, 1.54) is 28.3 Å². The van der Waals surface area contributed by atoms with Crippen LogP contribution in [0.5, 0.6) is 0 Å². The van der Waals surface area contributed by atoms with Gasteiger partial charge in [0, 0.05) is 32.7 Å². The van der Waals surface area contributed by atoms with E-state index in [4.69, 9.17) is 0 Å². The van der Waals surface area contributed by atoms with E-state index in [-0.39, 0.29) is 18.5 Å². The highest BCUT2D eigenvalue weighted by Crippen LogP contribution is 2.19. The van der Waals surface area contributed by atoms with Gasteiger partial charge in [-0.2, -0.15) is 0 Å². The lowest BCUT2D eigenvalue weighted by atomic mass is 10.0. The Morgan fingerprint density at radius 2 is 1.85 bits per heavy atom. The Bertz CT molecular complexity index is 800. The smallest absolute Gasteiger partial charge is 0.408 e. The number of likely N-dealkylation sites (N-methyl/N-ethyl adjacent to an activating group) is 1. The van der Waals surface area contributed by atoms with Crippen molar-refractivity contribution in [3.63, 3.8) is 0 Å². The first-order valence-electron chi connectivity index (χ1n) is 9.47. The number of nitrogens with one attached hydrogen (secondary N) is 1. The van der Waals surface area contributed by atoms with Crippen molar-refractivity contribution in [2.75, 3.05) is 33.2 Å². The van der Waals surface area contributed by atoms with Crippen molar-refractivity contribution in [1.82, 2.24) is 15.1 Å². The Morgan fingerprint density at radius 1 is 1.15 bits per heavy atom. The highest BCUT2D eigenvalue weighted by Gasteiger charge is 2.28. The van der Waals surface area contributed by atoms with E-state index >= 15 is 0 Å². The first kappa shape index (κ1) is 19.2. The van der Waals surface area contributed by atoms with E-state index < -0.39 is 6.09 Å². The van der Waals surface area contributed by atoms with Gasteiger partial charge in [0.05, 0.1) is 0 Å². The molecule has 0 saturated carbocycles. The van der Waals surface area contributed by atoms with Crippen LogP contribution in [0.2, 0.25) is 0 Å². The number of likely N-dealkylation sites (tertiary alicyclic amines) is 1. The van der Waals surface area contributed by atoms with Gasteiger partial charge in [0.15, 0.2) is 0 Å². The molecule has 2 aromatic rings. The number of fused-ring (bicyclic) bond motifs is 1. The van der Waals surface area contributed by atoms with E-state index in [1.807, 2.05) is 0 Å². The lowest BCUT2D eigenvalue weighted by Gasteiger charge is -2.36. The van der Waals surface area contributed by atoms with E-state index in [9.17, 15) is 14.7 Å². The predicted octanol–water partition coefficient (Wildman–Crippen LogP) is 2.57. The number of nitrogens with zero attached hydrogens (tertiary/aromatic N) is 2. The largest absolute Gasteiger partial charge is 0.465 e. The van der Waals surface area contributed by atoms with Crippen molar-refractivity contribution >= 4 is 22.8 Å². The predicted molar refractivity (Wildman–Crippen MR) is 106 cm³/mol. The van der Waals surface area contributed by atoms with Crippen LogP contribution < -0.4 is 5.32 Å². The molecule has 144 valence electrons. The van der Waals surface area contributed by atoms with Crippen LogP contribution in [0.1, 0.15) is 18.4 Å². The van der Waals surface area contributed by atoms with Gasteiger partial charge in [-0.3, -0.25) is 9.69 Å². The average Bonchev–Trinajstić information content (AvgIpc) is 2.70. The number of hydrogen-bond donors (Lipinski definition) is 2. The molecule has 2 amide bonds. The fraction of sp³-hybridized carbons (Fsp3) is 0.429. The number of amides is 2. The van der Waals surface area contributed by atoms with Gasteiger partial charge in [0.25, 0.3) is 0 Å². The van der Waals surface area contributed by atoms with Crippen molar-refractivity contribution < 1.29 is 14.7 Å². The zero-order valence-corrected chi connectivity index (χ0v) is 15.7. The Hall–Kier alpha value is -2.60. The van der Waals surface area contributed by atoms with Crippen LogP contribution in [-0.2, 0) is 11.2 Å². The van der Waals surface area contributed by atoms with E-state index in [0.29, 0.717) is 0 Å². The fourth-order valence-electron chi connectivity index (χ4n) is 3.72. The maximum Gasteiger partial charge on any atom is 0.408 e. The Balaban J connectivity index is 1.51. The first-order chi connectivity index (χ1) is 13.1. The number of benzene rings is 2. The number of piperidine rings is 1. The molecule has 2 aromatic carbocycles. The highest BCUT2D eigenvalue weighted by molar-refractivity contribution is 5.83. The number of carbonyl (C=O) groups excluding carboxylic acids is 1. The van der Waals surface area contributed by atoms with Gasteiger partial charge in [0.2, 0.25) is 5.91 Å². The summed E-state index contributed by atoms with van der Waals surface area (Å²) >= 11 is 0. The Morgan fingerprint density at radius 3 is 2.52 bits per heavy atom. The summed E-state index contributed by atoms with van der Waals surface area (Å²) in [6.07, 6.45) is 1.49. The summed E-state index contributed by atoms with van der Waals surface area (Å²) in [6, 6.07) is 14.9. The number of carbonyl (C=O) groups is 2. The van der Waals surface area contributed by atoms with Gasteiger partial charge in [-0.05, 0) is 35.6 Å². The molecule has 0 radical (unpaired) electrons. The molecule has 0 aromatic heterocycles.